The van der Waals surface area contributed by atoms with Crippen molar-refractivity contribution in [1.29, 1.82) is 5.26 Å². The van der Waals surface area contributed by atoms with Crippen molar-refractivity contribution in [2.75, 3.05) is 0 Å². The standard InChI is InChI=1S/C14H23N3O/c15-11-14(9-4-2-1-3-5-10-14)17-13(18)16-12-7-6-8-12/h12H,1-10H2,(H2,16,17,18). The summed E-state index contributed by atoms with van der Waals surface area (Å²) in [5, 5.41) is 15.3. The van der Waals surface area contributed by atoms with Gasteiger partial charge in [0.05, 0.1) is 6.07 Å². The summed E-state index contributed by atoms with van der Waals surface area (Å²) < 4.78 is 0. The zero-order chi connectivity index (χ0) is 12.8. The minimum Gasteiger partial charge on any atom is -0.335 e. The predicted octanol–water partition coefficient (Wildman–Crippen LogP) is 2.84. The van der Waals surface area contributed by atoms with Crippen molar-refractivity contribution >= 4 is 6.03 Å². The fraction of sp³-hybridized carbons (Fsp3) is 0.857. The van der Waals surface area contributed by atoms with Gasteiger partial charge in [-0.3, -0.25) is 0 Å². The van der Waals surface area contributed by atoms with E-state index in [1.807, 2.05) is 0 Å². The van der Waals surface area contributed by atoms with Crippen molar-refractivity contribution < 1.29 is 4.79 Å². The molecule has 0 atom stereocenters. The van der Waals surface area contributed by atoms with Crippen LogP contribution >= 0.6 is 0 Å². The van der Waals surface area contributed by atoms with E-state index in [2.05, 4.69) is 16.7 Å². The van der Waals surface area contributed by atoms with Crippen LogP contribution in [0.4, 0.5) is 4.79 Å². The molecule has 2 aliphatic carbocycles. The molecule has 0 radical (unpaired) electrons. The lowest BCUT2D eigenvalue weighted by Gasteiger charge is -2.32. The molecule has 2 rings (SSSR count). The average molecular weight is 249 g/mol. The van der Waals surface area contributed by atoms with Gasteiger partial charge < -0.3 is 10.6 Å². The van der Waals surface area contributed by atoms with Gasteiger partial charge >= 0.3 is 6.03 Å². The number of rotatable bonds is 2. The average Bonchev–Trinajstić information content (AvgIpc) is 2.28. The van der Waals surface area contributed by atoms with E-state index >= 15 is 0 Å². The second-order valence-electron chi connectivity index (χ2n) is 5.69. The molecule has 2 aliphatic rings. The van der Waals surface area contributed by atoms with Crippen LogP contribution in [-0.4, -0.2) is 17.6 Å². The molecule has 2 fully saturated rings. The Bertz CT molecular complexity index is 322. The van der Waals surface area contributed by atoms with E-state index in [-0.39, 0.29) is 6.03 Å². The molecule has 0 aromatic carbocycles. The highest BCUT2D eigenvalue weighted by Gasteiger charge is 2.32. The van der Waals surface area contributed by atoms with Crippen molar-refractivity contribution in [2.24, 2.45) is 0 Å². The van der Waals surface area contributed by atoms with E-state index in [0.717, 1.165) is 38.5 Å². The Morgan fingerprint density at radius 3 is 2.17 bits per heavy atom. The highest BCUT2D eigenvalue weighted by atomic mass is 16.2. The Hall–Kier alpha value is -1.24. The predicted molar refractivity (Wildman–Crippen MR) is 70.0 cm³/mol. The second kappa shape index (κ2) is 6.08. The molecular formula is C14H23N3O. The Labute approximate surface area is 109 Å². The van der Waals surface area contributed by atoms with Gasteiger partial charge in [0.15, 0.2) is 0 Å². The van der Waals surface area contributed by atoms with Crippen molar-refractivity contribution in [3.8, 4) is 6.07 Å². The molecule has 0 spiro atoms. The lowest BCUT2D eigenvalue weighted by molar-refractivity contribution is 0.213. The number of carbonyl (C=O) groups is 1. The normalized spacial score (nSPS) is 23.9. The molecule has 2 saturated carbocycles. The number of nitriles is 1. The molecule has 0 aromatic heterocycles. The molecule has 0 heterocycles. The maximum Gasteiger partial charge on any atom is 0.316 e. The summed E-state index contributed by atoms with van der Waals surface area (Å²) in [6, 6.07) is 2.53. The van der Waals surface area contributed by atoms with Crippen LogP contribution in [0.1, 0.15) is 64.2 Å². The van der Waals surface area contributed by atoms with Crippen LogP contribution < -0.4 is 10.6 Å². The molecule has 100 valence electrons. The molecule has 4 heteroatoms. The highest BCUT2D eigenvalue weighted by Crippen LogP contribution is 2.26. The number of amides is 2. The first-order valence-electron chi connectivity index (χ1n) is 7.24. The molecule has 4 nitrogen and oxygen atoms in total. The van der Waals surface area contributed by atoms with Gasteiger partial charge in [0.1, 0.15) is 5.54 Å². The van der Waals surface area contributed by atoms with Gasteiger partial charge in [-0.15, -0.1) is 0 Å². The van der Waals surface area contributed by atoms with Gasteiger partial charge in [0, 0.05) is 6.04 Å². The summed E-state index contributed by atoms with van der Waals surface area (Å²) in [7, 11) is 0. The van der Waals surface area contributed by atoms with Gasteiger partial charge in [-0.05, 0) is 32.1 Å². The molecule has 2 amide bonds. The van der Waals surface area contributed by atoms with Gasteiger partial charge in [0.25, 0.3) is 0 Å². The topological polar surface area (TPSA) is 64.9 Å². The van der Waals surface area contributed by atoms with Crippen molar-refractivity contribution in [3.63, 3.8) is 0 Å². The minimum atomic E-state index is -0.631. The molecule has 0 unspecified atom stereocenters. The summed E-state index contributed by atoms with van der Waals surface area (Å²) in [5.41, 5.74) is -0.631. The van der Waals surface area contributed by atoms with Crippen molar-refractivity contribution in [2.45, 2.75) is 75.8 Å². The minimum absolute atomic E-state index is 0.151. The van der Waals surface area contributed by atoms with Crippen LogP contribution in [0.25, 0.3) is 0 Å². The van der Waals surface area contributed by atoms with Crippen LogP contribution in [0.2, 0.25) is 0 Å². The van der Waals surface area contributed by atoms with Gasteiger partial charge in [-0.25, -0.2) is 4.79 Å². The van der Waals surface area contributed by atoms with E-state index in [1.54, 1.807) is 0 Å². The third-order valence-electron chi connectivity index (χ3n) is 4.21. The summed E-state index contributed by atoms with van der Waals surface area (Å²) in [6.07, 6.45) is 10.6. The molecule has 0 bridgehead atoms. The van der Waals surface area contributed by atoms with E-state index in [9.17, 15) is 10.1 Å². The number of nitrogens with one attached hydrogen (secondary N) is 2. The van der Waals surface area contributed by atoms with Crippen molar-refractivity contribution in [3.05, 3.63) is 0 Å². The first kappa shape index (κ1) is 13.2. The maximum absolute atomic E-state index is 11.9. The Kier molecular flexibility index (Phi) is 4.46. The van der Waals surface area contributed by atoms with Crippen LogP contribution in [0.3, 0.4) is 0 Å². The SMILES string of the molecule is N#CC1(NC(=O)NC2CCC2)CCCCCCC1. The number of nitrogens with zero attached hydrogens (tertiary/aromatic N) is 1. The number of hydrogen-bond donors (Lipinski definition) is 2. The van der Waals surface area contributed by atoms with E-state index < -0.39 is 5.54 Å². The monoisotopic (exact) mass is 249 g/mol. The van der Waals surface area contributed by atoms with Crippen LogP contribution in [-0.2, 0) is 0 Å². The quantitative estimate of drug-likeness (QED) is 0.790. The third-order valence-corrected chi connectivity index (χ3v) is 4.21. The molecule has 2 N–H and O–H groups in total. The molecule has 0 aliphatic heterocycles. The molecule has 0 saturated heterocycles. The zero-order valence-corrected chi connectivity index (χ0v) is 11.0. The summed E-state index contributed by atoms with van der Waals surface area (Å²) in [5.74, 6) is 0. The Morgan fingerprint density at radius 2 is 1.67 bits per heavy atom. The first-order chi connectivity index (χ1) is 8.74. The Balaban J connectivity index is 1.88. The van der Waals surface area contributed by atoms with Gasteiger partial charge in [0.2, 0.25) is 0 Å². The number of urea groups is 1. The third kappa shape index (κ3) is 3.38. The van der Waals surface area contributed by atoms with Crippen molar-refractivity contribution in [1.82, 2.24) is 10.6 Å². The van der Waals surface area contributed by atoms with Crippen LogP contribution in [0, 0.1) is 11.3 Å². The lowest BCUT2D eigenvalue weighted by Crippen LogP contribution is -2.54. The summed E-state index contributed by atoms with van der Waals surface area (Å²) in [4.78, 5) is 11.9. The number of hydrogen-bond acceptors (Lipinski definition) is 2. The van der Waals surface area contributed by atoms with Gasteiger partial charge in [-0.1, -0.05) is 32.1 Å². The first-order valence-corrected chi connectivity index (χ1v) is 7.24. The fourth-order valence-electron chi connectivity index (χ4n) is 2.77. The number of carbonyl (C=O) groups excluding carboxylic acids is 1. The largest absolute Gasteiger partial charge is 0.335 e. The van der Waals surface area contributed by atoms with Gasteiger partial charge in [-0.2, -0.15) is 5.26 Å². The van der Waals surface area contributed by atoms with Crippen LogP contribution in [0.15, 0.2) is 0 Å². The Morgan fingerprint density at radius 1 is 1.06 bits per heavy atom. The summed E-state index contributed by atoms with van der Waals surface area (Å²) >= 11 is 0. The zero-order valence-electron chi connectivity index (χ0n) is 11.0. The van der Waals surface area contributed by atoms with E-state index in [0.29, 0.717) is 6.04 Å². The summed E-state index contributed by atoms with van der Waals surface area (Å²) in [6.45, 7) is 0. The molecule has 18 heavy (non-hydrogen) atoms. The van der Waals surface area contributed by atoms with E-state index in [4.69, 9.17) is 0 Å². The lowest BCUT2D eigenvalue weighted by atomic mass is 9.85. The fourth-order valence-corrected chi connectivity index (χ4v) is 2.77. The maximum atomic E-state index is 11.9. The molecular weight excluding hydrogens is 226 g/mol. The molecule has 0 aromatic rings. The van der Waals surface area contributed by atoms with Crippen LogP contribution in [0.5, 0.6) is 0 Å². The second-order valence-corrected chi connectivity index (χ2v) is 5.69. The smallest absolute Gasteiger partial charge is 0.316 e. The van der Waals surface area contributed by atoms with E-state index in [1.165, 1.54) is 25.7 Å². The highest BCUT2D eigenvalue weighted by molar-refractivity contribution is 5.75.